The number of ether oxygens (including phenoxy) is 1. The number of anilines is 1. The molecule has 5 fully saturated rings. The summed E-state index contributed by atoms with van der Waals surface area (Å²) in [6.45, 7) is 3.92. The molecule has 0 radical (unpaired) electrons. The summed E-state index contributed by atoms with van der Waals surface area (Å²) >= 11 is 0. The number of carbonyl (C=O) groups is 2. The molecule has 6 heteroatoms. The van der Waals surface area contributed by atoms with E-state index >= 15 is 0 Å². The fraction of sp³-hybridized carbons (Fsp3) is 0.652. The maximum Gasteiger partial charge on any atom is 0.325 e. The Morgan fingerprint density at radius 2 is 1.69 bits per heavy atom. The van der Waals surface area contributed by atoms with E-state index in [9.17, 15) is 9.59 Å². The standard InChI is InChI=1S/C23H31N3O3/c1-2-29-20-5-3-19(4-6-20)26-8-7-25(22(26)28)15-21(27)24-23-12-16-9-17(13-23)11-18(10-16)14-23/h3-6,16-18H,2,7-15H2,1H3,(H,24,27). The molecule has 29 heavy (non-hydrogen) atoms. The lowest BCUT2D eigenvalue weighted by Gasteiger charge is -2.57. The number of amides is 3. The Morgan fingerprint density at radius 3 is 2.28 bits per heavy atom. The zero-order valence-electron chi connectivity index (χ0n) is 17.2. The molecule has 6 rings (SSSR count). The first-order chi connectivity index (χ1) is 14.0. The molecule has 1 aliphatic heterocycles. The van der Waals surface area contributed by atoms with Gasteiger partial charge in [-0.1, -0.05) is 0 Å². The predicted octanol–water partition coefficient (Wildman–Crippen LogP) is 3.41. The minimum atomic E-state index is -0.0881. The fourth-order valence-electron chi connectivity index (χ4n) is 6.63. The Labute approximate surface area is 172 Å². The Balaban J connectivity index is 1.19. The SMILES string of the molecule is CCOc1ccc(N2CCN(CC(=O)NC34CC5CC(CC(C5)C3)C4)C2=O)cc1. The van der Waals surface area contributed by atoms with Crippen LogP contribution in [0.15, 0.2) is 24.3 Å². The molecule has 1 aromatic rings. The first-order valence-corrected chi connectivity index (χ1v) is 11.1. The van der Waals surface area contributed by atoms with Crippen LogP contribution in [0.1, 0.15) is 45.4 Å². The van der Waals surface area contributed by atoms with Crippen molar-refractivity contribution in [3.8, 4) is 5.75 Å². The summed E-state index contributed by atoms with van der Waals surface area (Å²) in [7, 11) is 0. The zero-order chi connectivity index (χ0) is 20.0. The molecular weight excluding hydrogens is 366 g/mol. The highest BCUT2D eigenvalue weighted by molar-refractivity contribution is 5.96. The molecule has 6 nitrogen and oxygen atoms in total. The molecule has 0 atom stereocenters. The van der Waals surface area contributed by atoms with Gasteiger partial charge in [0, 0.05) is 24.3 Å². The summed E-state index contributed by atoms with van der Waals surface area (Å²) in [5.74, 6) is 3.20. The second-order valence-electron chi connectivity index (χ2n) is 9.53. The molecule has 1 saturated heterocycles. The topological polar surface area (TPSA) is 61.9 Å². The van der Waals surface area contributed by atoms with Gasteiger partial charge in [0.1, 0.15) is 12.3 Å². The van der Waals surface area contributed by atoms with Crippen molar-refractivity contribution in [3.63, 3.8) is 0 Å². The minimum absolute atomic E-state index is 0.00337. The molecule has 5 aliphatic rings. The second kappa shape index (κ2) is 7.22. The number of hydrogen-bond donors (Lipinski definition) is 1. The number of hydrogen-bond acceptors (Lipinski definition) is 3. The first kappa shape index (κ1) is 18.8. The van der Waals surface area contributed by atoms with Crippen molar-refractivity contribution >= 4 is 17.6 Å². The van der Waals surface area contributed by atoms with Crippen LogP contribution in [-0.4, -0.2) is 48.6 Å². The van der Waals surface area contributed by atoms with E-state index in [1.165, 1.54) is 19.3 Å². The quantitative estimate of drug-likeness (QED) is 0.800. The van der Waals surface area contributed by atoms with E-state index in [2.05, 4.69) is 5.32 Å². The van der Waals surface area contributed by atoms with Crippen LogP contribution in [0.3, 0.4) is 0 Å². The molecule has 1 aromatic carbocycles. The summed E-state index contributed by atoms with van der Waals surface area (Å²) in [5, 5.41) is 3.38. The highest BCUT2D eigenvalue weighted by Gasteiger charge is 2.51. The average molecular weight is 398 g/mol. The second-order valence-corrected chi connectivity index (χ2v) is 9.53. The van der Waals surface area contributed by atoms with Crippen molar-refractivity contribution in [2.75, 3.05) is 31.1 Å². The largest absolute Gasteiger partial charge is 0.494 e. The van der Waals surface area contributed by atoms with Crippen LogP contribution in [0, 0.1) is 17.8 Å². The third kappa shape index (κ3) is 3.58. The molecule has 0 aromatic heterocycles. The van der Waals surface area contributed by atoms with Gasteiger partial charge in [-0.15, -0.1) is 0 Å². The van der Waals surface area contributed by atoms with Gasteiger partial charge in [0.15, 0.2) is 0 Å². The molecule has 0 spiro atoms. The van der Waals surface area contributed by atoms with E-state index in [1.807, 2.05) is 31.2 Å². The maximum atomic E-state index is 12.9. The number of carbonyl (C=O) groups excluding carboxylic acids is 2. The van der Waals surface area contributed by atoms with Gasteiger partial charge in [0.2, 0.25) is 5.91 Å². The number of nitrogens with zero attached hydrogens (tertiary/aromatic N) is 2. The van der Waals surface area contributed by atoms with Crippen molar-refractivity contribution in [3.05, 3.63) is 24.3 Å². The summed E-state index contributed by atoms with van der Waals surface area (Å²) in [6.07, 6.45) is 7.48. The first-order valence-electron chi connectivity index (χ1n) is 11.1. The van der Waals surface area contributed by atoms with Crippen LogP contribution in [0.2, 0.25) is 0 Å². The lowest BCUT2D eigenvalue weighted by atomic mass is 9.53. The predicted molar refractivity (Wildman–Crippen MR) is 111 cm³/mol. The summed E-state index contributed by atoms with van der Waals surface area (Å²) in [4.78, 5) is 29.1. The lowest BCUT2D eigenvalue weighted by Crippen LogP contribution is -2.61. The van der Waals surface area contributed by atoms with Crippen molar-refractivity contribution < 1.29 is 14.3 Å². The Bertz CT molecular complexity index is 756. The van der Waals surface area contributed by atoms with Crippen molar-refractivity contribution in [1.82, 2.24) is 10.2 Å². The average Bonchev–Trinajstić information content (AvgIpc) is 3.01. The summed E-state index contributed by atoms with van der Waals surface area (Å²) in [5.41, 5.74) is 0.853. The van der Waals surface area contributed by atoms with E-state index in [0.717, 1.165) is 48.5 Å². The van der Waals surface area contributed by atoms with E-state index < -0.39 is 0 Å². The van der Waals surface area contributed by atoms with Crippen molar-refractivity contribution in [2.24, 2.45) is 17.8 Å². The maximum absolute atomic E-state index is 12.9. The van der Waals surface area contributed by atoms with Crippen LogP contribution >= 0.6 is 0 Å². The molecule has 4 saturated carbocycles. The molecule has 1 heterocycles. The molecule has 0 unspecified atom stereocenters. The van der Waals surface area contributed by atoms with Gasteiger partial charge in [-0.2, -0.15) is 0 Å². The number of benzene rings is 1. The normalized spacial score (nSPS) is 32.7. The third-order valence-corrected chi connectivity index (χ3v) is 7.33. The van der Waals surface area contributed by atoms with Gasteiger partial charge < -0.3 is 15.0 Å². The fourth-order valence-corrected chi connectivity index (χ4v) is 6.63. The zero-order valence-corrected chi connectivity index (χ0v) is 17.2. The van der Waals surface area contributed by atoms with Crippen LogP contribution in [0.4, 0.5) is 10.5 Å². The highest BCUT2D eigenvalue weighted by atomic mass is 16.5. The molecule has 4 aliphatic carbocycles. The molecule has 1 N–H and O–H groups in total. The van der Waals surface area contributed by atoms with Gasteiger partial charge >= 0.3 is 6.03 Å². The Hall–Kier alpha value is -2.24. The number of rotatable bonds is 6. The smallest absolute Gasteiger partial charge is 0.325 e. The van der Waals surface area contributed by atoms with Gasteiger partial charge in [0.25, 0.3) is 0 Å². The van der Waals surface area contributed by atoms with E-state index in [-0.39, 0.29) is 24.0 Å². The number of urea groups is 1. The number of nitrogens with one attached hydrogen (secondary N) is 1. The lowest BCUT2D eigenvalue weighted by molar-refractivity contribution is -0.127. The van der Waals surface area contributed by atoms with E-state index in [1.54, 1.807) is 9.80 Å². The summed E-state index contributed by atoms with van der Waals surface area (Å²) in [6, 6.07) is 7.49. The van der Waals surface area contributed by atoms with Crippen molar-refractivity contribution in [1.29, 1.82) is 0 Å². The van der Waals surface area contributed by atoms with Crippen molar-refractivity contribution in [2.45, 2.75) is 51.0 Å². The van der Waals surface area contributed by atoms with Crippen LogP contribution < -0.4 is 15.0 Å². The van der Waals surface area contributed by atoms with Gasteiger partial charge in [-0.25, -0.2) is 4.79 Å². The Kier molecular flexibility index (Phi) is 4.67. The van der Waals surface area contributed by atoms with Crippen LogP contribution in [0.25, 0.3) is 0 Å². The molecule has 4 bridgehead atoms. The van der Waals surface area contributed by atoms with Gasteiger partial charge in [-0.05, 0) is 87.5 Å². The van der Waals surface area contributed by atoms with E-state index in [4.69, 9.17) is 4.74 Å². The van der Waals surface area contributed by atoms with Gasteiger partial charge in [0.05, 0.1) is 6.61 Å². The Morgan fingerprint density at radius 1 is 1.07 bits per heavy atom. The minimum Gasteiger partial charge on any atom is -0.494 e. The third-order valence-electron chi connectivity index (χ3n) is 7.33. The van der Waals surface area contributed by atoms with Crippen LogP contribution in [-0.2, 0) is 4.79 Å². The monoisotopic (exact) mass is 397 g/mol. The molecule has 3 amide bonds. The molecule has 156 valence electrons. The van der Waals surface area contributed by atoms with Crippen LogP contribution in [0.5, 0.6) is 5.75 Å². The van der Waals surface area contributed by atoms with Gasteiger partial charge in [-0.3, -0.25) is 9.69 Å². The molecular formula is C23H31N3O3. The highest BCUT2D eigenvalue weighted by Crippen LogP contribution is 2.55. The van der Waals surface area contributed by atoms with E-state index in [0.29, 0.717) is 19.7 Å². The summed E-state index contributed by atoms with van der Waals surface area (Å²) < 4.78 is 5.47.